The highest BCUT2D eigenvalue weighted by atomic mass is 16.6. The molecule has 134 valence electrons. The van der Waals surface area contributed by atoms with Gasteiger partial charge in [-0.2, -0.15) is 0 Å². The SMILES string of the molecule is Cc1cnccc1-c1cnc(NC[C@@H]2COCCO2)nc1-c1ccco1. The summed E-state index contributed by atoms with van der Waals surface area (Å²) in [5.41, 5.74) is 3.73. The van der Waals surface area contributed by atoms with Crippen molar-refractivity contribution in [3.05, 3.63) is 48.6 Å². The average Bonchev–Trinajstić information content (AvgIpc) is 3.22. The van der Waals surface area contributed by atoms with Crippen LogP contribution in [0.1, 0.15) is 5.56 Å². The largest absolute Gasteiger partial charge is 0.463 e. The molecule has 0 saturated carbocycles. The fourth-order valence-corrected chi connectivity index (χ4v) is 2.90. The summed E-state index contributed by atoms with van der Waals surface area (Å²) in [6.45, 7) is 4.44. The van der Waals surface area contributed by atoms with Gasteiger partial charge >= 0.3 is 0 Å². The molecule has 4 rings (SSSR count). The predicted molar refractivity (Wildman–Crippen MR) is 96.8 cm³/mol. The van der Waals surface area contributed by atoms with Crippen LogP contribution in [-0.4, -0.2) is 47.4 Å². The van der Waals surface area contributed by atoms with E-state index in [2.05, 4.69) is 20.3 Å². The number of aromatic nitrogens is 3. The second kappa shape index (κ2) is 7.63. The molecule has 7 nitrogen and oxygen atoms in total. The zero-order valence-electron chi connectivity index (χ0n) is 14.5. The molecule has 1 aliphatic rings. The van der Waals surface area contributed by atoms with Crippen molar-refractivity contribution in [3.63, 3.8) is 0 Å². The van der Waals surface area contributed by atoms with Gasteiger partial charge in [0.15, 0.2) is 5.76 Å². The van der Waals surface area contributed by atoms with Gasteiger partial charge in [0.25, 0.3) is 0 Å². The summed E-state index contributed by atoms with van der Waals surface area (Å²) in [5.74, 6) is 1.22. The molecule has 0 bridgehead atoms. The molecule has 0 spiro atoms. The Morgan fingerprint density at radius 3 is 2.92 bits per heavy atom. The van der Waals surface area contributed by atoms with Gasteiger partial charge < -0.3 is 19.2 Å². The molecule has 7 heteroatoms. The lowest BCUT2D eigenvalue weighted by Crippen LogP contribution is -2.34. The Hall–Kier alpha value is -2.77. The van der Waals surface area contributed by atoms with E-state index in [1.807, 2.05) is 37.5 Å². The van der Waals surface area contributed by atoms with Gasteiger partial charge in [-0.25, -0.2) is 9.97 Å². The normalized spacial score (nSPS) is 17.2. The van der Waals surface area contributed by atoms with Crippen molar-refractivity contribution in [2.45, 2.75) is 13.0 Å². The standard InChI is InChI=1S/C19H20N4O3/c1-13-9-20-5-4-15(13)16-11-22-19(21-10-14-12-24-7-8-25-14)23-18(16)17-3-2-6-26-17/h2-6,9,11,14H,7-8,10,12H2,1H3,(H,21,22,23)/t14-/m1/s1. The summed E-state index contributed by atoms with van der Waals surface area (Å²) in [6.07, 6.45) is 7.05. The van der Waals surface area contributed by atoms with Crippen molar-refractivity contribution in [2.24, 2.45) is 0 Å². The van der Waals surface area contributed by atoms with Gasteiger partial charge in [-0.05, 0) is 36.2 Å². The van der Waals surface area contributed by atoms with Crippen molar-refractivity contribution in [1.82, 2.24) is 15.0 Å². The van der Waals surface area contributed by atoms with Gasteiger partial charge in [0.2, 0.25) is 5.95 Å². The first-order valence-corrected chi connectivity index (χ1v) is 8.56. The molecule has 1 saturated heterocycles. The van der Waals surface area contributed by atoms with Crippen LogP contribution in [0, 0.1) is 6.92 Å². The van der Waals surface area contributed by atoms with Gasteiger partial charge in [-0.15, -0.1) is 0 Å². The van der Waals surface area contributed by atoms with Gasteiger partial charge in [-0.3, -0.25) is 4.98 Å². The Kier molecular flexibility index (Phi) is 4.90. The molecule has 0 aliphatic carbocycles. The van der Waals surface area contributed by atoms with Crippen LogP contribution < -0.4 is 5.32 Å². The fraction of sp³-hybridized carbons (Fsp3) is 0.316. The summed E-state index contributed by atoms with van der Waals surface area (Å²) in [7, 11) is 0. The average molecular weight is 352 g/mol. The Bertz CT molecular complexity index is 861. The number of hydrogen-bond donors (Lipinski definition) is 1. The molecule has 4 heterocycles. The van der Waals surface area contributed by atoms with E-state index in [0.717, 1.165) is 22.4 Å². The molecular formula is C19H20N4O3. The van der Waals surface area contributed by atoms with Crippen LogP contribution in [0.2, 0.25) is 0 Å². The third-order valence-corrected chi connectivity index (χ3v) is 4.23. The van der Waals surface area contributed by atoms with Crippen LogP contribution >= 0.6 is 0 Å². The van der Waals surface area contributed by atoms with E-state index < -0.39 is 0 Å². The molecule has 3 aromatic heterocycles. The van der Waals surface area contributed by atoms with Gasteiger partial charge in [0.1, 0.15) is 5.69 Å². The lowest BCUT2D eigenvalue weighted by Gasteiger charge is -2.23. The molecule has 0 amide bonds. The highest BCUT2D eigenvalue weighted by Gasteiger charge is 2.17. The van der Waals surface area contributed by atoms with Crippen LogP contribution in [0.5, 0.6) is 0 Å². The van der Waals surface area contributed by atoms with Crippen molar-refractivity contribution in [1.29, 1.82) is 0 Å². The number of anilines is 1. The zero-order chi connectivity index (χ0) is 17.8. The van der Waals surface area contributed by atoms with Crippen molar-refractivity contribution in [3.8, 4) is 22.6 Å². The first kappa shape index (κ1) is 16.7. The number of nitrogens with zero attached hydrogens (tertiary/aromatic N) is 3. The molecule has 1 atom stereocenters. The molecular weight excluding hydrogens is 332 g/mol. The molecule has 0 radical (unpaired) electrons. The Labute approximate surface area is 151 Å². The molecule has 26 heavy (non-hydrogen) atoms. The Morgan fingerprint density at radius 2 is 2.15 bits per heavy atom. The monoisotopic (exact) mass is 352 g/mol. The first-order chi connectivity index (χ1) is 12.8. The number of nitrogens with one attached hydrogen (secondary N) is 1. The minimum absolute atomic E-state index is 0.00142. The third-order valence-electron chi connectivity index (χ3n) is 4.23. The number of rotatable bonds is 5. The minimum Gasteiger partial charge on any atom is -0.463 e. The fourth-order valence-electron chi connectivity index (χ4n) is 2.90. The van der Waals surface area contributed by atoms with E-state index in [0.29, 0.717) is 38.1 Å². The van der Waals surface area contributed by atoms with E-state index in [-0.39, 0.29) is 6.10 Å². The van der Waals surface area contributed by atoms with Crippen LogP contribution in [0.4, 0.5) is 5.95 Å². The van der Waals surface area contributed by atoms with Crippen LogP contribution in [0.25, 0.3) is 22.6 Å². The molecule has 0 aromatic carbocycles. The molecule has 1 aliphatic heterocycles. The summed E-state index contributed by atoms with van der Waals surface area (Å²) in [4.78, 5) is 13.3. The summed E-state index contributed by atoms with van der Waals surface area (Å²) >= 11 is 0. The zero-order valence-corrected chi connectivity index (χ0v) is 14.5. The number of hydrogen-bond acceptors (Lipinski definition) is 7. The van der Waals surface area contributed by atoms with Crippen molar-refractivity contribution in [2.75, 3.05) is 31.7 Å². The predicted octanol–water partition coefficient (Wildman–Crippen LogP) is 2.93. The van der Waals surface area contributed by atoms with E-state index in [9.17, 15) is 0 Å². The van der Waals surface area contributed by atoms with E-state index >= 15 is 0 Å². The van der Waals surface area contributed by atoms with Crippen molar-refractivity contribution < 1.29 is 13.9 Å². The summed E-state index contributed by atoms with van der Waals surface area (Å²) in [6, 6.07) is 5.70. The highest BCUT2D eigenvalue weighted by Crippen LogP contribution is 2.32. The van der Waals surface area contributed by atoms with Gasteiger partial charge in [-0.1, -0.05) is 0 Å². The molecule has 1 fully saturated rings. The Balaban J connectivity index is 1.64. The van der Waals surface area contributed by atoms with Crippen LogP contribution in [0.3, 0.4) is 0 Å². The van der Waals surface area contributed by atoms with E-state index in [1.165, 1.54) is 0 Å². The lowest BCUT2D eigenvalue weighted by atomic mass is 10.0. The second-order valence-electron chi connectivity index (χ2n) is 6.07. The Morgan fingerprint density at radius 1 is 1.19 bits per heavy atom. The summed E-state index contributed by atoms with van der Waals surface area (Å²) < 4.78 is 16.7. The van der Waals surface area contributed by atoms with E-state index in [4.69, 9.17) is 13.9 Å². The quantitative estimate of drug-likeness (QED) is 0.756. The maximum Gasteiger partial charge on any atom is 0.223 e. The smallest absolute Gasteiger partial charge is 0.223 e. The third kappa shape index (κ3) is 3.58. The number of aryl methyl sites for hydroxylation is 1. The first-order valence-electron chi connectivity index (χ1n) is 8.56. The molecule has 0 unspecified atom stereocenters. The van der Waals surface area contributed by atoms with Gasteiger partial charge in [0, 0.05) is 30.7 Å². The maximum absolute atomic E-state index is 5.64. The van der Waals surface area contributed by atoms with Crippen molar-refractivity contribution >= 4 is 5.95 Å². The second-order valence-corrected chi connectivity index (χ2v) is 6.07. The van der Waals surface area contributed by atoms with Gasteiger partial charge in [0.05, 0.1) is 32.2 Å². The molecule has 1 N–H and O–H groups in total. The number of ether oxygens (including phenoxy) is 2. The van der Waals surface area contributed by atoms with Crippen LogP contribution in [0.15, 0.2) is 47.5 Å². The summed E-state index contributed by atoms with van der Waals surface area (Å²) in [5, 5.41) is 3.23. The number of pyridine rings is 1. The minimum atomic E-state index is 0.00142. The lowest BCUT2D eigenvalue weighted by molar-refractivity contribution is -0.0819. The van der Waals surface area contributed by atoms with E-state index in [1.54, 1.807) is 12.5 Å². The van der Waals surface area contributed by atoms with Crippen LogP contribution in [-0.2, 0) is 9.47 Å². The highest BCUT2D eigenvalue weighted by molar-refractivity contribution is 5.80. The number of furan rings is 1. The maximum atomic E-state index is 5.64. The molecule has 3 aromatic rings. The topological polar surface area (TPSA) is 82.3 Å².